The van der Waals surface area contributed by atoms with Crippen LogP contribution in [0.4, 0.5) is 0 Å². The van der Waals surface area contributed by atoms with Gasteiger partial charge in [0.05, 0.1) is 30.0 Å². The van der Waals surface area contributed by atoms with Crippen molar-refractivity contribution in [2.45, 2.75) is 40.3 Å². The van der Waals surface area contributed by atoms with Gasteiger partial charge in [-0.25, -0.2) is 4.99 Å². The van der Waals surface area contributed by atoms with Crippen LogP contribution in [-0.4, -0.2) is 42.7 Å². The maximum atomic E-state index is 14.1. The first-order valence-corrected chi connectivity index (χ1v) is 15.4. The molecule has 1 aromatic heterocycles. The van der Waals surface area contributed by atoms with E-state index in [2.05, 4.69) is 12.1 Å². The van der Waals surface area contributed by atoms with Gasteiger partial charge in [-0.15, -0.1) is 0 Å². The first-order valence-electron chi connectivity index (χ1n) is 14.6. The summed E-state index contributed by atoms with van der Waals surface area (Å²) in [7, 11) is 3.18. The molecule has 0 bridgehead atoms. The zero-order valence-corrected chi connectivity index (χ0v) is 26.7. The number of allylic oxidation sites excluding steroid dienone is 1. The average molecular weight is 612 g/mol. The molecule has 5 rings (SSSR count). The number of thiazole rings is 1. The average Bonchev–Trinajstić information content (AvgIpc) is 3.34. The molecule has 0 saturated heterocycles. The van der Waals surface area contributed by atoms with Crippen LogP contribution < -0.4 is 29.1 Å². The van der Waals surface area contributed by atoms with Crippen LogP contribution in [0.25, 0.3) is 6.08 Å². The zero-order chi connectivity index (χ0) is 31.4. The summed E-state index contributed by atoms with van der Waals surface area (Å²) in [6, 6.07) is 20.6. The number of hydrogen-bond donors (Lipinski definition) is 0. The number of aromatic nitrogens is 1. The Labute approximate surface area is 261 Å². The largest absolute Gasteiger partial charge is 0.496 e. The van der Waals surface area contributed by atoms with Crippen molar-refractivity contribution in [3.63, 3.8) is 0 Å². The number of benzene rings is 3. The molecule has 1 aliphatic rings. The second kappa shape index (κ2) is 13.3. The van der Waals surface area contributed by atoms with Crippen molar-refractivity contribution in [1.82, 2.24) is 9.47 Å². The molecule has 4 aromatic rings. The topological polar surface area (TPSA) is 82.4 Å². The highest BCUT2D eigenvalue weighted by atomic mass is 32.1. The number of hydrogen-bond acceptors (Lipinski definition) is 7. The van der Waals surface area contributed by atoms with Crippen LogP contribution in [0.15, 0.2) is 87.8 Å². The molecule has 44 heavy (non-hydrogen) atoms. The first kappa shape index (κ1) is 30.8. The Balaban J connectivity index is 1.58. The van der Waals surface area contributed by atoms with Gasteiger partial charge in [-0.1, -0.05) is 65.4 Å². The highest BCUT2D eigenvalue weighted by molar-refractivity contribution is 7.07. The molecule has 228 valence electrons. The second-order valence-electron chi connectivity index (χ2n) is 10.5. The Kier molecular flexibility index (Phi) is 9.35. The summed E-state index contributed by atoms with van der Waals surface area (Å²) in [6.45, 7) is 9.26. The lowest BCUT2D eigenvalue weighted by molar-refractivity contribution is -0.127. The fourth-order valence-electron chi connectivity index (χ4n) is 5.35. The summed E-state index contributed by atoms with van der Waals surface area (Å²) >= 11 is 1.29. The monoisotopic (exact) mass is 611 g/mol. The third-order valence-corrected chi connectivity index (χ3v) is 8.72. The maximum absolute atomic E-state index is 14.1. The number of fused-ring (bicyclic) bond motifs is 1. The molecule has 0 unspecified atom stereocenters. The Morgan fingerprint density at radius 2 is 1.66 bits per heavy atom. The lowest BCUT2D eigenvalue weighted by Crippen LogP contribution is -2.43. The zero-order valence-electron chi connectivity index (χ0n) is 25.9. The van der Waals surface area contributed by atoms with E-state index < -0.39 is 6.04 Å². The van der Waals surface area contributed by atoms with Gasteiger partial charge in [-0.2, -0.15) is 0 Å². The van der Waals surface area contributed by atoms with Gasteiger partial charge in [0.25, 0.3) is 11.5 Å². The van der Waals surface area contributed by atoms with Gasteiger partial charge in [0, 0.05) is 18.7 Å². The third-order valence-electron chi connectivity index (χ3n) is 7.74. The van der Waals surface area contributed by atoms with Crippen molar-refractivity contribution in [1.29, 1.82) is 0 Å². The summed E-state index contributed by atoms with van der Waals surface area (Å²) in [6.07, 6.45) is 1.82. The number of carbonyl (C=O) groups is 1. The highest BCUT2D eigenvalue weighted by Crippen LogP contribution is 2.36. The second-order valence-corrected chi connectivity index (χ2v) is 11.5. The van der Waals surface area contributed by atoms with Gasteiger partial charge in [0.15, 0.2) is 16.3 Å². The van der Waals surface area contributed by atoms with Gasteiger partial charge < -0.3 is 19.1 Å². The maximum Gasteiger partial charge on any atom is 0.271 e. The van der Waals surface area contributed by atoms with Crippen molar-refractivity contribution in [2.75, 3.05) is 27.3 Å². The Morgan fingerprint density at radius 1 is 0.955 bits per heavy atom. The molecular weight excluding hydrogens is 574 g/mol. The van der Waals surface area contributed by atoms with E-state index in [1.54, 1.807) is 23.7 Å². The number of para-hydroxylation sites is 1. The number of rotatable bonds is 10. The summed E-state index contributed by atoms with van der Waals surface area (Å²) in [5.41, 5.74) is 4.57. The SMILES string of the molecule is CCN(CC)C(=O)C1=C(C)N=c2s/c(=C/c3ccc(OCc4ccc(C)cc4)c(OC)c3)c(=O)n2[C@@H]1c1ccccc1OC. The predicted molar refractivity (Wildman–Crippen MR) is 173 cm³/mol. The van der Waals surface area contributed by atoms with Gasteiger partial charge >= 0.3 is 0 Å². The van der Waals surface area contributed by atoms with E-state index in [0.29, 0.717) is 57.5 Å². The molecule has 1 atom stereocenters. The number of ether oxygens (including phenoxy) is 3. The molecule has 0 spiro atoms. The van der Waals surface area contributed by atoms with Crippen LogP contribution in [-0.2, 0) is 11.4 Å². The van der Waals surface area contributed by atoms with E-state index in [9.17, 15) is 9.59 Å². The molecule has 1 amide bonds. The van der Waals surface area contributed by atoms with Crippen LogP contribution in [0.5, 0.6) is 17.2 Å². The number of nitrogens with zero attached hydrogens (tertiary/aromatic N) is 3. The molecule has 0 N–H and O–H groups in total. The van der Waals surface area contributed by atoms with Crippen molar-refractivity contribution in [3.05, 3.63) is 120 Å². The van der Waals surface area contributed by atoms with E-state index in [4.69, 9.17) is 19.2 Å². The minimum atomic E-state index is -0.690. The van der Waals surface area contributed by atoms with E-state index in [1.165, 1.54) is 16.9 Å². The smallest absolute Gasteiger partial charge is 0.271 e. The van der Waals surface area contributed by atoms with Crippen LogP contribution in [0.3, 0.4) is 0 Å². The van der Waals surface area contributed by atoms with E-state index in [1.807, 2.05) is 88.4 Å². The van der Waals surface area contributed by atoms with Gasteiger partial charge in [0.2, 0.25) is 0 Å². The highest BCUT2D eigenvalue weighted by Gasteiger charge is 2.35. The quantitative estimate of drug-likeness (QED) is 0.252. The number of amides is 1. The van der Waals surface area contributed by atoms with Crippen LogP contribution in [0.1, 0.15) is 49.1 Å². The molecule has 3 aromatic carbocycles. The van der Waals surface area contributed by atoms with Crippen LogP contribution in [0.2, 0.25) is 0 Å². The van der Waals surface area contributed by atoms with Gasteiger partial charge in [-0.05, 0) is 63.1 Å². The van der Waals surface area contributed by atoms with Gasteiger partial charge in [0.1, 0.15) is 18.4 Å². The van der Waals surface area contributed by atoms with E-state index >= 15 is 0 Å². The molecular formula is C35H37N3O5S. The summed E-state index contributed by atoms with van der Waals surface area (Å²) in [4.78, 5) is 35.0. The Hall–Kier alpha value is -4.63. The molecule has 0 fully saturated rings. The molecule has 0 radical (unpaired) electrons. The molecule has 8 nitrogen and oxygen atoms in total. The van der Waals surface area contributed by atoms with Crippen molar-refractivity contribution in [3.8, 4) is 17.2 Å². The normalized spacial score (nSPS) is 14.6. The van der Waals surface area contributed by atoms with Crippen LogP contribution in [0, 0.1) is 6.92 Å². The minimum Gasteiger partial charge on any atom is -0.496 e. The summed E-state index contributed by atoms with van der Waals surface area (Å²) < 4.78 is 19.5. The van der Waals surface area contributed by atoms with E-state index in [0.717, 1.165) is 16.7 Å². The lowest BCUT2D eigenvalue weighted by Gasteiger charge is -2.29. The Morgan fingerprint density at radius 3 is 2.34 bits per heavy atom. The molecule has 0 aliphatic carbocycles. The van der Waals surface area contributed by atoms with Gasteiger partial charge in [-0.3, -0.25) is 14.2 Å². The molecule has 0 saturated carbocycles. The summed E-state index contributed by atoms with van der Waals surface area (Å²) in [5, 5.41) is 0. The van der Waals surface area contributed by atoms with Crippen LogP contribution >= 0.6 is 11.3 Å². The lowest BCUT2D eigenvalue weighted by atomic mass is 9.94. The van der Waals surface area contributed by atoms with E-state index in [-0.39, 0.29) is 11.5 Å². The van der Waals surface area contributed by atoms with Crippen molar-refractivity contribution >= 4 is 23.3 Å². The third kappa shape index (κ3) is 6.05. The fraction of sp³-hybridized carbons (Fsp3) is 0.286. The number of methoxy groups -OCH3 is 2. The minimum absolute atomic E-state index is 0.146. The number of likely N-dealkylation sites (N-methyl/N-ethyl adjacent to an activating group) is 1. The Bertz CT molecular complexity index is 1880. The standard InChI is InChI=1S/C35H37N3O5S/c1-7-37(8-2)34(40)31-23(4)36-35-38(32(31)26-11-9-10-12-27(26)41-5)33(39)30(44-35)20-25-17-18-28(29(19-25)42-6)43-21-24-15-13-22(3)14-16-24/h9-20,32H,7-8,21H2,1-6H3/b30-20+/t32-/m1/s1. The first-order chi connectivity index (χ1) is 21.3. The predicted octanol–water partition coefficient (Wildman–Crippen LogP) is 5.01. The number of aryl methyl sites for hydroxylation is 1. The molecule has 1 aliphatic heterocycles. The van der Waals surface area contributed by atoms with Crippen molar-refractivity contribution < 1.29 is 19.0 Å². The number of carbonyl (C=O) groups excluding carboxylic acids is 1. The summed E-state index contributed by atoms with van der Waals surface area (Å²) in [5.74, 6) is 1.62. The molecule has 2 heterocycles. The van der Waals surface area contributed by atoms with Crippen molar-refractivity contribution in [2.24, 2.45) is 4.99 Å². The fourth-order valence-corrected chi connectivity index (χ4v) is 6.40. The molecule has 9 heteroatoms.